The fourth-order valence-electron chi connectivity index (χ4n) is 3.04. The van der Waals surface area contributed by atoms with Crippen LogP contribution in [0.15, 0.2) is 30.5 Å². The Hall–Kier alpha value is -3.58. The van der Waals surface area contributed by atoms with E-state index >= 15 is 0 Å². The third kappa shape index (κ3) is 7.50. The molecule has 1 heterocycles. The molecule has 1 aromatic heterocycles. The summed E-state index contributed by atoms with van der Waals surface area (Å²) >= 11 is 3.97. The summed E-state index contributed by atoms with van der Waals surface area (Å²) in [5.74, 6) is -4.67. The molecule has 12 nitrogen and oxygen atoms in total. The SMILES string of the molecule is NC(=O)CC(NC(=O)C(CS)NC(=O)CNC(=O)C(N)Cc1c[nH]c2ccccc12)C(=O)O. The molecule has 0 aliphatic rings. The molecule has 1 aromatic carbocycles. The molecular formula is C20H26N6O6S. The highest BCUT2D eigenvalue weighted by molar-refractivity contribution is 7.80. The first-order valence-electron chi connectivity index (χ1n) is 9.92. The number of fused-ring (bicyclic) bond motifs is 1. The number of para-hydroxylation sites is 1. The molecule has 9 N–H and O–H groups in total. The van der Waals surface area contributed by atoms with E-state index in [0.717, 1.165) is 16.5 Å². The average molecular weight is 479 g/mol. The van der Waals surface area contributed by atoms with Gasteiger partial charge in [-0.2, -0.15) is 12.6 Å². The fourth-order valence-corrected chi connectivity index (χ4v) is 3.30. The molecule has 13 heteroatoms. The van der Waals surface area contributed by atoms with Crippen molar-refractivity contribution < 1.29 is 29.1 Å². The van der Waals surface area contributed by atoms with Gasteiger partial charge in [-0.25, -0.2) is 4.79 Å². The van der Waals surface area contributed by atoms with E-state index in [-0.39, 0.29) is 12.2 Å². The maximum absolute atomic E-state index is 12.3. The van der Waals surface area contributed by atoms with Gasteiger partial charge in [-0.1, -0.05) is 18.2 Å². The van der Waals surface area contributed by atoms with Gasteiger partial charge in [-0.3, -0.25) is 19.2 Å². The summed E-state index contributed by atoms with van der Waals surface area (Å²) in [6, 6.07) is 3.90. The molecule has 0 saturated carbocycles. The Morgan fingerprint density at radius 2 is 1.76 bits per heavy atom. The van der Waals surface area contributed by atoms with Crippen LogP contribution >= 0.6 is 12.6 Å². The zero-order valence-electron chi connectivity index (χ0n) is 17.5. The summed E-state index contributed by atoms with van der Waals surface area (Å²) < 4.78 is 0. The average Bonchev–Trinajstić information content (AvgIpc) is 3.17. The third-order valence-corrected chi connectivity index (χ3v) is 5.09. The van der Waals surface area contributed by atoms with E-state index in [1.807, 2.05) is 24.3 Å². The van der Waals surface area contributed by atoms with Crippen molar-refractivity contribution in [2.24, 2.45) is 11.5 Å². The molecule has 3 unspecified atom stereocenters. The molecule has 0 saturated heterocycles. The Bertz CT molecular complexity index is 1040. The Labute approximate surface area is 194 Å². The van der Waals surface area contributed by atoms with Crippen LogP contribution in [0.25, 0.3) is 10.9 Å². The first kappa shape index (κ1) is 25.7. The molecule has 178 valence electrons. The molecule has 0 aliphatic heterocycles. The number of carboxylic acid groups (broad SMARTS) is 1. The standard InChI is InChI=1S/C20H26N6O6S/c21-12(5-10-7-23-13-4-2-1-3-11(10)13)18(29)24-8-17(28)25-15(9-33)19(30)26-14(20(31)32)6-16(22)27/h1-4,7,12,14-15,23,33H,5-6,8-9,21H2,(H2,22,27)(H,24,29)(H,25,28)(H,26,30)(H,31,32). The molecular weight excluding hydrogens is 452 g/mol. The highest BCUT2D eigenvalue weighted by Gasteiger charge is 2.27. The Morgan fingerprint density at radius 3 is 2.39 bits per heavy atom. The Kier molecular flexibility index (Phi) is 9.24. The van der Waals surface area contributed by atoms with Crippen molar-refractivity contribution in [2.75, 3.05) is 12.3 Å². The molecule has 2 aromatic rings. The summed E-state index contributed by atoms with van der Waals surface area (Å²) in [6.07, 6.45) is 1.40. The number of carbonyl (C=O) groups is 5. The van der Waals surface area contributed by atoms with Crippen molar-refractivity contribution in [3.63, 3.8) is 0 Å². The summed E-state index contributed by atoms with van der Waals surface area (Å²) in [6.45, 7) is -0.457. The van der Waals surface area contributed by atoms with Gasteiger partial charge in [-0.15, -0.1) is 0 Å². The molecule has 0 radical (unpaired) electrons. The third-order valence-electron chi connectivity index (χ3n) is 4.73. The van der Waals surface area contributed by atoms with E-state index in [1.54, 1.807) is 6.20 Å². The maximum atomic E-state index is 12.3. The van der Waals surface area contributed by atoms with E-state index in [2.05, 4.69) is 33.6 Å². The normalized spacial score (nSPS) is 13.5. The quantitative estimate of drug-likeness (QED) is 0.161. The number of nitrogens with two attached hydrogens (primary N) is 2. The van der Waals surface area contributed by atoms with E-state index in [4.69, 9.17) is 16.6 Å². The number of thiol groups is 1. The van der Waals surface area contributed by atoms with Crippen LogP contribution in [0.3, 0.4) is 0 Å². The van der Waals surface area contributed by atoms with Crippen molar-refractivity contribution in [3.8, 4) is 0 Å². The van der Waals surface area contributed by atoms with Crippen LogP contribution in [-0.2, 0) is 30.4 Å². The highest BCUT2D eigenvalue weighted by Crippen LogP contribution is 2.18. The topological polar surface area (TPSA) is 209 Å². The molecule has 0 spiro atoms. The molecule has 2 rings (SSSR count). The van der Waals surface area contributed by atoms with Gasteiger partial charge in [-0.05, 0) is 18.1 Å². The maximum Gasteiger partial charge on any atom is 0.326 e. The van der Waals surface area contributed by atoms with Crippen LogP contribution in [-0.4, -0.2) is 70.1 Å². The van der Waals surface area contributed by atoms with Crippen molar-refractivity contribution in [3.05, 3.63) is 36.0 Å². The van der Waals surface area contributed by atoms with E-state index in [0.29, 0.717) is 0 Å². The lowest BCUT2D eigenvalue weighted by atomic mass is 10.1. The van der Waals surface area contributed by atoms with Crippen molar-refractivity contribution >= 4 is 53.1 Å². The molecule has 0 aliphatic carbocycles. The number of benzene rings is 1. The number of carbonyl (C=O) groups excluding carboxylic acids is 4. The van der Waals surface area contributed by atoms with Crippen molar-refractivity contribution in [1.29, 1.82) is 0 Å². The van der Waals surface area contributed by atoms with Crippen LogP contribution in [0.1, 0.15) is 12.0 Å². The number of aliphatic carboxylic acids is 1. The number of hydrogen-bond acceptors (Lipinski definition) is 7. The largest absolute Gasteiger partial charge is 0.480 e. The summed E-state index contributed by atoms with van der Waals surface area (Å²) in [5, 5.41) is 16.8. The van der Waals surface area contributed by atoms with E-state index in [9.17, 15) is 24.0 Å². The van der Waals surface area contributed by atoms with E-state index in [1.165, 1.54) is 0 Å². The molecule has 3 atom stereocenters. The zero-order chi connectivity index (χ0) is 24.5. The van der Waals surface area contributed by atoms with Gasteiger partial charge in [0.25, 0.3) is 0 Å². The lowest BCUT2D eigenvalue weighted by Crippen LogP contribution is -2.55. The van der Waals surface area contributed by atoms with Gasteiger partial charge in [0.2, 0.25) is 23.6 Å². The number of aromatic amines is 1. The molecule has 0 bridgehead atoms. The van der Waals surface area contributed by atoms with Crippen molar-refractivity contribution in [2.45, 2.75) is 31.0 Å². The van der Waals surface area contributed by atoms with Gasteiger partial charge < -0.3 is 37.5 Å². The zero-order valence-corrected chi connectivity index (χ0v) is 18.4. The van der Waals surface area contributed by atoms with E-state index < -0.39 is 60.7 Å². The number of H-pyrrole nitrogens is 1. The minimum absolute atomic E-state index is 0.158. The van der Waals surface area contributed by atoms with Gasteiger partial charge in [0.15, 0.2) is 0 Å². The number of primary amides is 1. The second kappa shape index (κ2) is 11.9. The predicted octanol–water partition coefficient (Wildman–Crippen LogP) is -1.99. The first-order valence-corrected chi connectivity index (χ1v) is 10.6. The van der Waals surface area contributed by atoms with Crippen LogP contribution in [0.4, 0.5) is 0 Å². The molecule has 4 amide bonds. The predicted molar refractivity (Wildman–Crippen MR) is 122 cm³/mol. The Morgan fingerprint density at radius 1 is 1.06 bits per heavy atom. The molecule has 0 fully saturated rings. The van der Waals surface area contributed by atoms with Crippen LogP contribution < -0.4 is 27.4 Å². The van der Waals surface area contributed by atoms with Gasteiger partial charge in [0, 0.05) is 22.9 Å². The minimum Gasteiger partial charge on any atom is -0.480 e. The number of carboxylic acids is 1. The highest BCUT2D eigenvalue weighted by atomic mass is 32.1. The monoisotopic (exact) mass is 478 g/mol. The number of nitrogens with one attached hydrogen (secondary N) is 4. The number of amides is 4. The molecule has 33 heavy (non-hydrogen) atoms. The Balaban J connectivity index is 1.85. The van der Waals surface area contributed by atoms with Crippen LogP contribution in [0, 0.1) is 0 Å². The lowest BCUT2D eigenvalue weighted by Gasteiger charge is -2.20. The second-order valence-electron chi connectivity index (χ2n) is 7.26. The first-order chi connectivity index (χ1) is 15.6. The van der Waals surface area contributed by atoms with Crippen molar-refractivity contribution in [1.82, 2.24) is 20.9 Å². The lowest BCUT2D eigenvalue weighted by molar-refractivity contribution is -0.143. The number of aromatic nitrogens is 1. The summed E-state index contributed by atoms with van der Waals surface area (Å²) in [4.78, 5) is 61.9. The second-order valence-corrected chi connectivity index (χ2v) is 7.63. The van der Waals surface area contributed by atoms with Gasteiger partial charge >= 0.3 is 5.97 Å². The van der Waals surface area contributed by atoms with Gasteiger partial charge in [0.05, 0.1) is 19.0 Å². The van der Waals surface area contributed by atoms with Crippen LogP contribution in [0.2, 0.25) is 0 Å². The summed E-state index contributed by atoms with van der Waals surface area (Å²) in [5.41, 5.74) is 12.7. The fraction of sp³-hybridized carbons (Fsp3) is 0.350. The van der Waals surface area contributed by atoms with Crippen LogP contribution in [0.5, 0.6) is 0 Å². The minimum atomic E-state index is -1.54. The number of rotatable bonds is 12. The summed E-state index contributed by atoms with van der Waals surface area (Å²) in [7, 11) is 0. The number of hydrogen-bond donors (Lipinski definition) is 8. The van der Waals surface area contributed by atoms with Gasteiger partial charge in [0.1, 0.15) is 12.1 Å². The smallest absolute Gasteiger partial charge is 0.326 e.